The minimum atomic E-state index is -0.836. The van der Waals surface area contributed by atoms with Gasteiger partial charge in [0.15, 0.2) is 0 Å². The van der Waals surface area contributed by atoms with Gasteiger partial charge in [-0.15, -0.1) is 0 Å². The number of rotatable bonds is 5. The van der Waals surface area contributed by atoms with Crippen molar-refractivity contribution >= 4 is 39.6 Å². The largest absolute Gasteiger partial charge is 0.488 e. The first-order valence-corrected chi connectivity index (χ1v) is 9.83. The predicted molar refractivity (Wildman–Crippen MR) is 122 cm³/mol. The van der Waals surface area contributed by atoms with Gasteiger partial charge in [0.1, 0.15) is 12.4 Å². The van der Waals surface area contributed by atoms with Crippen molar-refractivity contribution < 1.29 is 14.3 Å². The minimum absolute atomic E-state index is 0.380. The van der Waals surface area contributed by atoms with E-state index in [-0.39, 0.29) is 0 Å². The average Bonchev–Trinajstić information content (AvgIpc) is 2.82. The number of nitrogens with one attached hydrogen (secondary N) is 2. The van der Waals surface area contributed by atoms with Gasteiger partial charge in [0.25, 0.3) is 0 Å². The number of nitrogens with zero attached hydrogens (tertiary/aromatic N) is 1. The molecule has 0 spiro atoms. The van der Waals surface area contributed by atoms with Crippen molar-refractivity contribution in [3.8, 4) is 5.75 Å². The molecule has 0 aromatic heterocycles. The molecular weight excluding hydrogens is 390 g/mol. The number of hydrogen-bond donors (Lipinski definition) is 2. The van der Waals surface area contributed by atoms with Crippen LogP contribution in [0.2, 0.25) is 0 Å². The van der Waals surface area contributed by atoms with E-state index in [4.69, 9.17) is 4.74 Å². The van der Waals surface area contributed by atoms with Crippen LogP contribution in [0.1, 0.15) is 11.1 Å². The topological polar surface area (TPSA) is 79.8 Å². The van der Waals surface area contributed by atoms with Crippen LogP contribution in [0.15, 0.2) is 84.0 Å². The molecule has 154 valence electrons. The monoisotopic (exact) mass is 411 g/mol. The van der Waals surface area contributed by atoms with E-state index in [1.807, 2.05) is 60.7 Å². The number of likely N-dealkylation sites (N-methyl/N-ethyl adjacent to an activating group) is 1. The molecule has 0 saturated heterocycles. The number of fused-ring (bicyclic) bond motifs is 2. The van der Waals surface area contributed by atoms with Crippen LogP contribution < -0.4 is 15.5 Å². The average molecular weight is 411 g/mol. The van der Waals surface area contributed by atoms with E-state index < -0.39 is 11.8 Å². The van der Waals surface area contributed by atoms with Crippen LogP contribution in [0.3, 0.4) is 0 Å². The van der Waals surface area contributed by atoms with Crippen LogP contribution in [0, 0.1) is 0 Å². The van der Waals surface area contributed by atoms with Crippen LogP contribution in [-0.2, 0) is 16.2 Å². The standard InChI is InChI=1S/C25H21N3O3/c1-26-24(29)25(30)28-27-15-22-21-12-5-3-8-18(21)13-14-23(22)31-16-19-10-6-9-17-7-2-4-11-20(17)19/h2-15H,16H2,1H3,(H,26,29)(H,28,30)/b27-15-. The summed E-state index contributed by atoms with van der Waals surface area (Å²) in [7, 11) is 1.38. The highest BCUT2D eigenvalue weighted by molar-refractivity contribution is 6.35. The van der Waals surface area contributed by atoms with Gasteiger partial charge in [-0.25, -0.2) is 5.43 Å². The SMILES string of the molecule is CNC(=O)C(=O)N/N=C\c1c(OCc2cccc3ccccc23)ccc2ccccc12. The second-order valence-corrected chi connectivity index (χ2v) is 6.90. The molecule has 0 saturated carbocycles. The Balaban J connectivity index is 1.65. The molecule has 0 aliphatic rings. The smallest absolute Gasteiger partial charge is 0.329 e. The van der Waals surface area contributed by atoms with E-state index in [2.05, 4.69) is 34.0 Å². The first kappa shape index (κ1) is 20.1. The normalized spacial score (nSPS) is 11.0. The van der Waals surface area contributed by atoms with Crippen LogP contribution >= 0.6 is 0 Å². The lowest BCUT2D eigenvalue weighted by Crippen LogP contribution is -2.35. The molecule has 4 rings (SSSR count). The first-order valence-electron chi connectivity index (χ1n) is 9.83. The van der Waals surface area contributed by atoms with E-state index in [1.54, 1.807) is 0 Å². The van der Waals surface area contributed by atoms with E-state index in [0.717, 1.165) is 32.7 Å². The Kier molecular flexibility index (Phi) is 5.89. The van der Waals surface area contributed by atoms with Gasteiger partial charge < -0.3 is 10.1 Å². The quantitative estimate of drug-likeness (QED) is 0.298. The molecule has 2 amide bonds. The highest BCUT2D eigenvalue weighted by Crippen LogP contribution is 2.28. The maximum atomic E-state index is 11.7. The molecule has 0 bridgehead atoms. The summed E-state index contributed by atoms with van der Waals surface area (Å²) in [5.41, 5.74) is 4.02. The zero-order valence-corrected chi connectivity index (χ0v) is 17.0. The van der Waals surface area contributed by atoms with Gasteiger partial charge in [-0.2, -0.15) is 5.10 Å². The van der Waals surface area contributed by atoms with Crippen LogP contribution in [-0.4, -0.2) is 25.1 Å². The summed E-state index contributed by atoms with van der Waals surface area (Å²) in [4.78, 5) is 23.1. The number of amides is 2. The van der Waals surface area contributed by atoms with Gasteiger partial charge in [0, 0.05) is 12.6 Å². The second kappa shape index (κ2) is 9.09. The number of hydrogen-bond acceptors (Lipinski definition) is 4. The molecule has 0 fully saturated rings. The van der Waals surface area contributed by atoms with E-state index in [9.17, 15) is 9.59 Å². The Morgan fingerprint density at radius 2 is 1.52 bits per heavy atom. The van der Waals surface area contributed by atoms with Crippen LogP contribution in [0.5, 0.6) is 5.75 Å². The maximum absolute atomic E-state index is 11.7. The van der Waals surface area contributed by atoms with Gasteiger partial charge in [-0.1, -0.05) is 72.8 Å². The van der Waals surface area contributed by atoms with Crippen molar-refractivity contribution in [3.05, 3.63) is 90.0 Å². The first-order chi connectivity index (χ1) is 15.2. The van der Waals surface area contributed by atoms with Crippen molar-refractivity contribution in [2.45, 2.75) is 6.61 Å². The summed E-state index contributed by atoms with van der Waals surface area (Å²) in [6.07, 6.45) is 1.50. The molecule has 31 heavy (non-hydrogen) atoms. The maximum Gasteiger partial charge on any atom is 0.329 e. The highest BCUT2D eigenvalue weighted by Gasteiger charge is 2.11. The molecule has 0 heterocycles. The predicted octanol–water partition coefficient (Wildman–Crippen LogP) is 3.77. The van der Waals surface area contributed by atoms with Crippen molar-refractivity contribution in [1.82, 2.24) is 10.7 Å². The molecule has 6 heteroatoms. The Morgan fingerprint density at radius 1 is 0.839 bits per heavy atom. The Morgan fingerprint density at radius 3 is 2.29 bits per heavy atom. The molecule has 4 aromatic carbocycles. The lowest BCUT2D eigenvalue weighted by Gasteiger charge is -2.13. The fourth-order valence-electron chi connectivity index (χ4n) is 3.43. The van der Waals surface area contributed by atoms with E-state index in [1.165, 1.54) is 13.3 Å². The molecule has 2 N–H and O–H groups in total. The molecule has 6 nitrogen and oxygen atoms in total. The highest BCUT2D eigenvalue weighted by atomic mass is 16.5. The fraction of sp³-hybridized carbons (Fsp3) is 0.0800. The Labute approximate surface area is 179 Å². The molecule has 0 aliphatic carbocycles. The summed E-state index contributed by atoms with van der Waals surface area (Å²) in [5, 5.41) is 10.4. The fourth-order valence-corrected chi connectivity index (χ4v) is 3.43. The summed E-state index contributed by atoms with van der Waals surface area (Å²) >= 11 is 0. The number of benzene rings is 4. The third-order valence-electron chi connectivity index (χ3n) is 4.99. The second-order valence-electron chi connectivity index (χ2n) is 6.90. The summed E-state index contributed by atoms with van der Waals surface area (Å²) < 4.78 is 6.18. The van der Waals surface area contributed by atoms with Gasteiger partial charge in [0.05, 0.1) is 6.21 Å². The third kappa shape index (κ3) is 4.38. The van der Waals surface area contributed by atoms with E-state index in [0.29, 0.717) is 12.4 Å². The summed E-state index contributed by atoms with van der Waals surface area (Å²) in [6, 6.07) is 26.0. The number of hydrazone groups is 1. The van der Waals surface area contributed by atoms with Gasteiger partial charge in [0.2, 0.25) is 0 Å². The van der Waals surface area contributed by atoms with Gasteiger partial charge >= 0.3 is 11.8 Å². The van der Waals surface area contributed by atoms with Crippen LogP contribution in [0.25, 0.3) is 21.5 Å². The van der Waals surface area contributed by atoms with E-state index >= 15 is 0 Å². The lowest BCUT2D eigenvalue weighted by molar-refractivity contribution is -0.138. The van der Waals surface area contributed by atoms with Gasteiger partial charge in [-0.3, -0.25) is 9.59 Å². The Hall–Kier alpha value is -4.19. The van der Waals surface area contributed by atoms with Crippen molar-refractivity contribution in [3.63, 3.8) is 0 Å². The lowest BCUT2D eigenvalue weighted by atomic mass is 10.0. The third-order valence-corrected chi connectivity index (χ3v) is 4.99. The summed E-state index contributed by atoms with van der Waals surface area (Å²) in [6.45, 7) is 0.380. The zero-order valence-electron chi connectivity index (χ0n) is 17.0. The minimum Gasteiger partial charge on any atom is -0.488 e. The molecule has 0 aliphatic heterocycles. The molecule has 0 radical (unpaired) electrons. The van der Waals surface area contributed by atoms with Crippen molar-refractivity contribution in [2.75, 3.05) is 7.05 Å². The Bertz CT molecular complexity index is 1290. The molecule has 4 aromatic rings. The zero-order chi connectivity index (χ0) is 21.6. The molecular formula is C25H21N3O3. The van der Waals surface area contributed by atoms with Crippen LogP contribution in [0.4, 0.5) is 0 Å². The van der Waals surface area contributed by atoms with Gasteiger partial charge in [-0.05, 0) is 33.2 Å². The number of ether oxygens (including phenoxy) is 1. The van der Waals surface area contributed by atoms with Crippen molar-refractivity contribution in [1.29, 1.82) is 0 Å². The molecule has 0 unspecified atom stereocenters. The van der Waals surface area contributed by atoms with Crippen molar-refractivity contribution in [2.24, 2.45) is 5.10 Å². The number of carbonyl (C=O) groups is 2. The molecule has 0 atom stereocenters. The summed E-state index contributed by atoms with van der Waals surface area (Å²) in [5.74, 6) is -0.968. The number of carbonyl (C=O) groups excluding carboxylic acids is 2.